The summed E-state index contributed by atoms with van der Waals surface area (Å²) in [7, 11) is 0. The SMILES string of the molecule is O=C(O)CN1CCCN(c2cccc(F)c2[N+](=O)[O-])CC1. The van der Waals surface area contributed by atoms with Crippen LogP contribution in [0.3, 0.4) is 0 Å². The summed E-state index contributed by atoms with van der Waals surface area (Å²) in [4.78, 5) is 24.5. The van der Waals surface area contributed by atoms with Crippen molar-refractivity contribution < 1.29 is 19.2 Å². The highest BCUT2D eigenvalue weighted by Gasteiger charge is 2.26. The van der Waals surface area contributed by atoms with Gasteiger partial charge in [-0.25, -0.2) is 0 Å². The molecule has 0 bridgehead atoms. The Bertz CT molecular complexity index is 552. The van der Waals surface area contributed by atoms with Gasteiger partial charge in [-0.3, -0.25) is 19.8 Å². The lowest BCUT2D eigenvalue weighted by Crippen LogP contribution is -2.34. The molecule has 1 aromatic rings. The lowest BCUT2D eigenvalue weighted by atomic mass is 10.2. The van der Waals surface area contributed by atoms with E-state index in [1.165, 1.54) is 12.1 Å². The molecule has 114 valence electrons. The number of nitro benzene ring substituents is 1. The monoisotopic (exact) mass is 297 g/mol. The van der Waals surface area contributed by atoms with Crippen LogP contribution < -0.4 is 4.90 Å². The van der Waals surface area contributed by atoms with Gasteiger partial charge in [0, 0.05) is 26.2 Å². The fourth-order valence-electron chi connectivity index (χ4n) is 2.50. The van der Waals surface area contributed by atoms with Crippen molar-refractivity contribution in [3.05, 3.63) is 34.1 Å². The number of nitro groups is 1. The first-order valence-electron chi connectivity index (χ1n) is 6.61. The van der Waals surface area contributed by atoms with E-state index in [0.717, 1.165) is 6.07 Å². The van der Waals surface area contributed by atoms with Crippen LogP contribution in [0.15, 0.2) is 18.2 Å². The van der Waals surface area contributed by atoms with Crippen LogP contribution in [0.4, 0.5) is 15.8 Å². The van der Waals surface area contributed by atoms with E-state index < -0.39 is 22.4 Å². The molecular formula is C13H16FN3O4. The van der Waals surface area contributed by atoms with Gasteiger partial charge >= 0.3 is 11.7 Å². The average molecular weight is 297 g/mol. The molecule has 1 saturated heterocycles. The molecule has 0 unspecified atom stereocenters. The molecule has 8 heteroatoms. The molecule has 0 spiro atoms. The molecule has 21 heavy (non-hydrogen) atoms. The van der Waals surface area contributed by atoms with Gasteiger partial charge in [0.15, 0.2) is 0 Å². The molecule has 7 nitrogen and oxygen atoms in total. The molecule has 0 atom stereocenters. The number of aliphatic carboxylic acids is 1. The molecule has 0 aliphatic carbocycles. The number of hydrogen-bond donors (Lipinski definition) is 1. The Morgan fingerprint density at radius 1 is 1.33 bits per heavy atom. The maximum atomic E-state index is 13.6. The molecule has 1 N–H and O–H groups in total. The largest absolute Gasteiger partial charge is 0.480 e. The predicted molar refractivity (Wildman–Crippen MR) is 74.0 cm³/mol. The molecule has 1 fully saturated rings. The molecule has 1 heterocycles. The van der Waals surface area contributed by atoms with Crippen LogP contribution in [0.25, 0.3) is 0 Å². The van der Waals surface area contributed by atoms with E-state index in [1.54, 1.807) is 9.80 Å². The fourth-order valence-corrected chi connectivity index (χ4v) is 2.50. The lowest BCUT2D eigenvalue weighted by Gasteiger charge is -2.22. The Morgan fingerprint density at radius 3 is 2.76 bits per heavy atom. The predicted octanol–water partition coefficient (Wildman–Crippen LogP) is 1.33. The van der Waals surface area contributed by atoms with Crippen molar-refractivity contribution in [2.75, 3.05) is 37.6 Å². The van der Waals surface area contributed by atoms with Crippen LogP contribution >= 0.6 is 0 Å². The molecule has 0 aromatic heterocycles. The van der Waals surface area contributed by atoms with Gasteiger partial charge in [-0.2, -0.15) is 4.39 Å². The third-order valence-electron chi connectivity index (χ3n) is 3.44. The van der Waals surface area contributed by atoms with E-state index in [4.69, 9.17) is 5.11 Å². The van der Waals surface area contributed by atoms with E-state index in [9.17, 15) is 19.3 Å². The Labute approximate surface area is 120 Å². The van der Waals surface area contributed by atoms with Crippen molar-refractivity contribution in [1.82, 2.24) is 4.90 Å². The number of carboxylic acid groups (broad SMARTS) is 1. The zero-order valence-corrected chi connectivity index (χ0v) is 11.4. The fraction of sp³-hybridized carbons (Fsp3) is 0.462. The Morgan fingerprint density at radius 2 is 2.10 bits per heavy atom. The van der Waals surface area contributed by atoms with Crippen molar-refractivity contribution in [2.45, 2.75) is 6.42 Å². The number of nitrogens with zero attached hydrogens (tertiary/aromatic N) is 3. The number of rotatable bonds is 4. The summed E-state index contributed by atoms with van der Waals surface area (Å²) < 4.78 is 13.6. The highest BCUT2D eigenvalue weighted by Crippen LogP contribution is 2.31. The van der Waals surface area contributed by atoms with Gasteiger partial charge in [-0.1, -0.05) is 6.07 Å². The Kier molecular flexibility index (Phi) is 4.69. The van der Waals surface area contributed by atoms with E-state index in [2.05, 4.69) is 0 Å². The second kappa shape index (κ2) is 6.49. The minimum absolute atomic E-state index is 0.0565. The molecule has 0 amide bonds. The van der Waals surface area contributed by atoms with Gasteiger partial charge in [0.2, 0.25) is 5.82 Å². The molecule has 0 radical (unpaired) electrons. The summed E-state index contributed by atoms with van der Waals surface area (Å²) in [5.41, 5.74) is -0.277. The zero-order valence-electron chi connectivity index (χ0n) is 11.4. The number of carboxylic acids is 1. The highest BCUT2D eigenvalue weighted by atomic mass is 19.1. The second-order valence-electron chi connectivity index (χ2n) is 4.88. The molecule has 2 rings (SSSR count). The van der Waals surface area contributed by atoms with Gasteiger partial charge in [0.05, 0.1) is 11.5 Å². The number of hydrogen-bond acceptors (Lipinski definition) is 5. The third kappa shape index (κ3) is 3.66. The molecule has 1 aromatic carbocycles. The minimum atomic E-state index is -0.903. The Balaban J connectivity index is 2.18. The highest BCUT2D eigenvalue weighted by molar-refractivity contribution is 5.69. The van der Waals surface area contributed by atoms with Crippen molar-refractivity contribution in [1.29, 1.82) is 0 Å². The van der Waals surface area contributed by atoms with Gasteiger partial charge in [0.1, 0.15) is 5.69 Å². The van der Waals surface area contributed by atoms with E-state index in [0.29, 0.717) is 32.6 Å². The quantitative estimate of drug-likeness (QED) is 0.666. The van der Waals surface area contributed by atoms with Crippen LogP contribution in [0.1, 0.15) is 6.42 Å². The first kappa shape index (κ1) is 15.2. The summed E-state index contributed by atoms with van der Waals surface area (Å²) in [6.45, 7) is 1.98. The van der Waals surface area contributed by atoms with Crippen LogP contribution in [0.5, 0.6) is 0 Å². The van der Waals surface area contributed by atoms with Gasteiger partial charge in [-0.05, 0) is 18.6 Å². The maximum Gasteiger partial charge on any atom is 0.327 e. The summed E-state index contributed by atoms with van der Waals surface area (Å²) in [5, 5.41) is 19.8. The number of para-hydroxylation sites is 1. The van der Waals surface area contributed by atoms with Gasteiger partial charge < -0.3 is 10.0 Å². The first-order valence-corrected chi connectivity index (χ1v) is 6.61. The van der Waals surface area contributed by atoms with Crippen molar-refractivity contribution in [2.24, 2.45) is 0 Å². The van der Waals surface area contributed by atoms with E-state index in [-0.39, 0.29) is 12.2 Å². The third-order valence-corrected chi connectivity index (χ3v) is 3.44. The molecule has 1 aliphatic rings. The topological polar surface area (TPSA) is 86.9 Å². The summed E-state index contributed by atoms with van der Waals surface area (Å²) in [6.07, 6.45) is 0.668. The van der Waals surface area contributed by atoms with Crippen LogP contribution in [0, 0.1) is 15.9 Å². The Hall–Kier alpha value is -2.22. The van der Waals surface area contributed by atoms with Gasteiger partial charge in [-0.15, -0.1) is 0 Å². The second-order valence-corrected chi connectivity index (χ2v) is 4.88. The lowest BCUT2D eigenvalue weighted by molar-refractivity contribution is -0.386. The van der Waals surface area contributed by atoms with E-state index in [1.807, 2.05) is 0 Å². The van der Waals surface area contributed by atoms with Crippen LogP contribution in [-0.4, -0.2) is 53.6 Å². The van der Waals surface area contributed by atoms with Crippen molar-refractivity contribution in [3.63, 3.8) is 0 Å². The van der Waals surface area contributed by atoms with Crippen LogP contribution in [-0.2, 0) is 4.79 Å². The number of halogens is 1. The van der Waals surface area contributed by atoms with Crippen molar-refractivity contribution in [3.8, 4) is 0 Å². The minimum Gasteiger partial charge on any atom is -0.480 e. The standard InChI is InChI=1S/C13H16FN3O4/c14-10-3-1-4-11(13(10)17(20)21)16-6-2-5-15(7-8-16)9-12(18)19/h1,3-4H,2,5-9H2,(H,18,19). The normalized spacial score (nSPS) is 16.5. The number of anilines is 1. The molecule has 0 saturated carbocycles. The summed E-state index contributed by atoms with van der Waals surface area (Å²) in [6, 6.07) is 4.03. The zero-order chi connectivity index (χ0) is 15.4. The maximum absolute atomic E-state index is 13.6. The molecular weight excluding hydrogens is 281 g/mol. The first-order chi connectivity index (χ1) is 9.99. The summed E-state index contributed by atoms with van der Waals surface area (Å²) >= 11 is 0. The number of carbonyl (C=O) groups is 1. The summed E-state index contributed by atoms with van der Waals surface area (Å²) in [5.74, 6) is -1.76. The smallest absolute Gasteiger partial charge is 0.327 e. The molecule has 1 aliphatic heterocycles. The van der Waals surface area contributed by atoms with E-state index >= 15 is 0 Å². The van der Waals surface area contributed by atoms with Gasteiger partial charge in [0.25, 0.3) is 0 Å². The number of benzene rings is 1. The van der Waals surface area contributed by atoms with Crippen molar-refractivity contribution >= 4 is 17.3 Å². The average Bonchev–Trinajstić information content (AvgIpc) is 2.63. The van der Waals surface area contributed by atoms with Crippen LogP contribution in [0.2, 0.25) is 0 Å².